The average molecular weight is 690 g/mol. The Morgan fingerprint density at radius 2 is 1.98 bits per heavy atom. The molecule has 1 aliphatic rings. The van der Waals surface area contributed by atoms with Crippen molar-refractivity contribution in [1.29, 1.82) is 0 Å². The lowest BCUT2D eigenvalue weighted by Gasteiger charge is -2.35. The van der Waals surface area contributed by atoms with Crippen LogP contribution in [0.5, 0.6) is 5.75 Å². The molecule has 0 radical (unpaired) electrons. The second kappa shape index (κ2) is 15.8. The van der Waals surface area contributed by atoms with E-state index in [-0.39, 0.29) is 54.0 Å². The van der Waals surface area contributed by atoms with Crippen LogP contribution in [-0.2, 0) is 21.8 Å². The van der Waals surface area contributed by atoms with Crippen molar-refractivity contribution < 1.29 is 37.1 Å². The number of ether oxygens (including phenoxy) is 2. The van der Waals surface area contributed by atoms with Crippen LogP contribution in [0.25, 0.3) is 0 Å². The summed E-state index contributed by atoms with van der Waals surface area (Å²) in [5.41, 5.74) is 1.37. The molecule has 0 aliphatic carbocycles. The molecule has 3 heterocycles. The maximum absolute atomic E-state index is 14.3. The van der Waals surface area contributed by atoms with Gasteiger partial charge in [-0.3, -0.25) is 9.52 Å². The number of imidazole rings is 1. The maximum atomic E-state index is 14.3. The number of amides is 3. The molecule has 3 aromatic rings. The minimum Gasteiger partial charge on any atom is -0.490 e. The van der Waals surface area contributed by atoms with Crippen molar-refractivity contribution in [2.45, 2.75) is 77.2 Å². The smallest absolute Gasteiger partial charge is 0.321 e. The molecule has 48 heavy (non-hydrogen) atoms. The summed E-state index contributed by atoms with van der Waals surface area (Å²) in [6.45, 7) is 9.54. The highest BCUT2D eigenvalue weighted by molar-refractivity contribution is 7.92. The molecule has 0 bridgehead atoms. The van der Waals surface area contributed by atoms with Gasteiger partial charge in [-0.05, 0) is 65.2 Å². The van der Waals surface area contributed by atoms with Gasteiger partial charge in [-0.25, -0.2) is 9.78 Å². The lowest BCUT2D eigenvalue weighted by Crippen LogP contribution is -2.48. The summed E-state index contributed by atoms with van der Waals surface area (Å²) >= 11 is 0. The van der Waals surface area contributed by atoms with Gasteiger partial charge in [0.2, 0.25) is 0 Å². The van der Waals surface area contributed by atoms with Crippen LogP contribution in [0.1, 0.15) is 61.8 Å². The molecule has 0 unspecified atom stereocenters. The fourth-order valence-corrected chi connectivity index (χ4v) is 6.43. The minimum absolute atomic E-state index is 0.140. The molecule has 16 heteroatoms. The van der Waals surface area contributed by atoms with Crippen LogP contribution in [-0.4, -0.2) is 102 Å². The van der Waals surface area contributed by atoms with Gasteiger partial charge in [0.05, 0.1) is 36.7 Å². The van der Waals surface area contributed by atoms with Crippen LogP contribution in [0.2, 0.25) is 0 Å². The number of nitrogens with one attached hydrogen (secondary N) is 2. The molecule has 15 nitrogen and oxygen atoms in total. The van der Waals surface area contributed by atoms with E-state index < -0.39 is 28.1 Å². The number of aliphatic hydroxyl groups is 1. The number of hydrogen-bond donors (Lipinski definition) is 3. The molecule has 4 rings (SSSR count). The topological polar surface area (TPSA) is 181 Å². The van der Waals surface area contributed by atoms with Crippen molar-refractivity contribution in [2.24, 2.45) is 13.0 Å². The molecule has 1 aromatic carbocycles. The number of likely N-dealkylation sites (N-methyl/N-ethyl adjacent to an activating group) is 1. The summed E-state index contributed by atoms with van der Waals surface area (Å²) in [5.74, 6) is 0.0611. The van der Waals surface area contributed by atoms with E-state index in [2.05, 4.69) is 20.2 Å². The first kappa shape index (κ1) is 36.7. The predicted molar refractivity (Wildman–Crippen MR) is 179 cm³/mol. The summed E-state index contributed by atoms with van der Waals surface area (Å²) in [7, 11) is -0.711. The molecular weight excluding hydrogens is 642 g/mol. The number of aryl methyl sites for hydroxylation is 3. The molecule has 2 aromatic heterocycles. The number of rotatable bonds is 8. The van der Waals surface area contributed by atoms with Crippen LogP contribution in [0, 0.1) is 19.8 Å². The van der Waals surface area contributed by atoms with Gasteiger partial charge in [-0.2, -0.15) is 8.42 Å². The standard InChI is InChI=1S/C32H47N7O8S/c1-20-15-39(21(2)18-40)31(41)26-14-25(36-48(43,44)29-17-37(6)19-33-29)11-12-27(26)46-22(3)10-8-9-13-45-28(20)16-38(7)32(42)34-30-23(4)35-47-24(30)5/h11-12,14,17,19-22,28,36,40H,8-10,13,15-16,18H2,1-7H3,(H,34,42)/t20-,21-,22-,28-/m1/s1. The molecule has 4 atom stereocenters. The van der Waals surface area contributed by atoms with Crippen molar-refractivity contribution in [1.82, 2.24) is 24.5 Å². The van der Waals surface area contributed by atoms with Crippen LogP contribution in [0.15, 0.2) is 40.3 Å². The number of nitrogens with zero attached hydrogens (tertiary/aromatic N) is 5. The monoisotopic (exact) mass is 689 g/mol. The van der Waals surface area contributed by atoms with E-state index >= 15 is 0 Å². The van der Waals surface area contributed by atoms with Crippen molar-refractivity contribution in [3.05, 3.63) is 47.7 Å². The van der Waals surface area contributed by atoms with Crippen LogP contribution < -0.4 is 14.8 Å². The molecule has 3 N–H and O–H groups in total. The van der Waals surface area contributed by atoms with Crippen molar-refractivity contribution >= 4 is 33.3 Å². The van der Waals surface area contributed by atoms with E-state index in [0.29, 0.717) is 35.9 Å². The fourth-order valence-electron chi connectivity index (χ4n) is 5.40. The van der Waals surface area contributed by atoms with E-state index in [1.54, 1.807) is 40.9 Å². The van der Waals surface area contributed by atoms with Crippen LogP contribution in [0.4, 0.5) is 16.2 Å². The highest BCUT2D eigenvalue weighted by Crippen LogP contribution is 2.29. The Morgan fingerprint density at radius 3 is 2.62 bits per heavy atom. The summed E-state index contributed by atoms with van der Waals surface area (Å²) in [6, 6.07) is 3.60. The molecule has 3 amide bonds. The molecule has 0 saturated carbocycles. The van der Waals surface area contributed by atoms with Crippen molar-refractivity contribution in [2.75, 3.05) is 43.4 Å². The molecule has 0 fully saturated rings. The van der Waals surface area contributed by atoms with Gasteiger partial charge < -0.3 is 38.8 Å². The number of sulfonamides is 1. The number of anilines is 2. The lowest BCUT2D eigenvalue weighted by atomic mass is 10.0. The Hall–Kier alpha value is -4.15. The van der Waals surface area contributed by atoms with E-state index in [1.165, 1.54) is 39.0 Å². The van der Waals surface area contributed by atoms with E-state index in [0.717, 1.165) is 12.8 Å². The SMILES string of the molecule is Cc1noc(C)c1NC(=O)N(C)C[C@H]1OCCCC[C@@H](C)Oc2ccc(NS(=O)(=O)c3cn(C)cn3)cc2C(=O)N([C@H](C)CO)C[C@H]1C. The maximum Gasteiger partial charge on any atom is 0.321 e. The Labute approximate surface area is 281 Å². The number of hydrogen-bond acceptors (Lipinski definition) is 10. The number of fused-ring (bicyclic) bond motifs is 1. The summed E-state index contributed by atoms with van der Waals surface area (Å²) < 4.78 is 47.9. The first-order valence-electron chi connectivity index (χ1n) is 16.0. The fraction of sp³-hybridized carbons (Fsp3) is 0.562. The van der Waals surface area contributed by atoms with E-state index in [9.17, 15) is 23.1 Å². The Balaban J connectivity index is 1.63. The van der Waals surface area contributed by atoms with Gasteiger partial charge in [0.25, 0.3) is 15.9 Å². The molecule has 1 aliphatic heterocycles. The number of benzene rings is 1. The summed E-state index contributed by atoms with van der Waals surface area (Å²) in [6.07, 6.45) is 4.27. The van der Waals surface area contributed by atoms with E-state index in [4.69, 9.17) is 14.0 Å². The van der Waals surface area contributed by atoms with Gasteiger partial charge in [-0.1, -0.05) is 12.1 Å². The molecular formula is C32H47N7O8S. The summed E-state index contributed by atoms with van der Waals surface area (Å²) in [5, 5.41) is 16.8. The predicted octanol–water partition coefficient (Wildman–Crippen LogP) is 3.79. The van der Waals surface area contributed by atoms with Gasteiger partial charge in [0.15, 0.2) is 10.8 Å². The largest absolute Gasteiger partial charge is 0.490 e. The normalized spacial score (nSPS) is 20.3. The Morgan fingerprint density at radius 1 is 1.23 bits per heavy atom. The highest BCUT2D eigenvalue weighted by Gasteiger charge is 2.31. The van der Waals surface area contributed by atoms with E-state index in [1.807, 2.05) is 13.8 Å². The number of carbonyl (C=O) groups is 2. The second-order valence-corrected chi connectivity index (χ2v) is 14.1. The first-order chi connectivity index (χ1) is 22.7. The number of carbonyl (C=O) groups excluding carboxylic acids is 2. The number of urea groups is 1. The van der Waals surface area contributed by atoms with Crippen LogP contribution >= 0.6 is 0 Å². The quantitative estimate of drug-likeness (QED) is 0.315. The lowest BCUT2D eigenvalue weighted by molar-refractivity contribution is -0.0115. The molecule has 0 spiro atoms. The highest BCUT2D eigenvalue weighted by atomic mass is 32.2. The van der Waals surface area contributed by atoms with Gasteiger partial charge in [0.1, 0.15) is 17.1 Å². The molecule has 0 saturated heterocycles. The van der Waals surface area contributed by atoms with Gasteiger partial charge in [0, 0.05) is 51.6 Å². The van der Waals surface area contributed by atoms with Crippen LogP contribution in [0.3, 0.4) is 0 Å². The minimum atomic E-state index is -4.04. The third kappa shape index (κ3) is 9.05. The van der Waals surface area contributed by atoms with Crippen molar-refractivity contribution in [3.63, 3.8) is 0 Å². The Bertz CT molecular complexity index is 1650. The number of aliphatic hydroxyl groups excluding tert-OH is 1. The van der Waals surface area contributed by atoms with Gasteiger partial charge >= 0.3 is 6.03 Å². The zero-order valence-electron chi connectivity index (χ0n) is 28.6. The number of aromatic nitrogens is 3. The van der Waals surface area contributed by atoms with Crippen molar-refractivity contribution in [3.8, 4) is 5.75 Å². The first-order valence-corrected chi connectivity index (χ1v) is 17.5. The third-order valence-corrected chi connectivity index (χ3v) is 9.59. The average Bonchev–Trinajstić information content (AvgIpc) is 3.63. The third-order valence-electron chi connectivity index (χ3n) is 8.33. The Kier molecular flexibility index (Phi) is 12.1. The summed E-state index contributed by atoms with van der Waals surface area (Å²) in [4.78, 5) is 34.5. The zero-order chi connectivity index (χ0) is 35.2. The zero-order valence-corrected chi connectivity index (χ0v) is 29.4. The van der Waals surface area contributed by atoms with Gasteiger partial charge in [-0.15, -0.1) is 0 Å². The second-order valence-electron chi connectivity index (χ2n) is 12.5. The molecule has 264 valence electrons.